The number of ether oxygens (including phenoxy) is 2. The summed E-state index contributed by atoms with van der Waals surface area (Å²) in [4.78, 5) is 25.4. The van der Waals surface area contributed by atoms with Crippen molar-refractivity contribution >= 4 is 39.4 Å². The van der Waals surface area contributed by atoms with Gasteiger partial charge < -0.3 is 14.4 Å². The Kier molecular flexibility index (Phi) is 8.73. The molecule has 1 heterocycles. The first-order valence-corrected chi connectivity index (χ1v) is 12.7. The van der Waals surface area contributed by atoms with Crippen LogP contribution in [0.4, 0.5) is 11.4 Å². The second-order valence-electron chi connectivity index (χ2n) is 8.41. The molecule has 0 saturated carbocycles. The summed E-state index contributed by atoms with van der Waals surface area (Å²) in [5.74, 6) is 0.656. The molecule has 37 heavy (non-hydrogen) atoms. The number of non-ortho nitro benzene ring substituents is 1. The maximum absolute atomic E-state index is 12.5. The molecule has 1 aliphatic heterocycles. The predicted molar refractivity (Wildman–Crippen MR) is 146 cm³/mol. The summed E-state index contributed by atoms with van der Waals surface area (Å²) >= 11 is 3.51. The molecule has 0 unspecified atom stereocenters. The number of nitro groups is 1. The van der Waals surface area contributed by atoms with Gasteiger partial charge in [0.1, 0.15) is 6.61 Å². The smallest absolute Gasteiger partial charge is 0.271 e. The lowest BCUT2D eigenvalue weighted by Crippen LogP contribution is -2.19. The lowest BCUT2D eigenvalue weighted by atomic mass is 10.2. The summed E-state index contributed by atoms with van der Waals surface area (Å²) in [6, 6.07) is 17.3. The van der Waals surface area contributed by atoms with Gasteiger partial charge in [-0.2, -0.15) is 5.10 Å². The molecule has 3 aromatic rings. The fourth-order valence-corrected chi connectivity index (χ4v) is 4.40. The molecule has 1 saturated heterocycles. The quantitative estimate of drug-likeness (QED) is 0.192. The molecule has 0 bridgehead atoms. The van der Waals surface area contributed by atoms with Crippen molar-refractivity contribution in [1.82, 2.24) is 5.43 Å². The molecular weight excluding hydrogens is 540 g/mol. The second-order valence-corrected chi connectivity index (χ2v) is 9.26. The number of carbonyl (C=O) groups excluding carboxylic acids is 1. The first-order chi connectivity index (χ1) is 17.9. The standard InChI is InChI=1S/C27H27BrN4O5/c1-2-36-25-15-21(24(28)16-26(25)37-18-19-6-5-7-23(14-19)32(34)35)17-29-30-27(33)20-8-10-22(11-9-20)31-12-3-4-13-31/h5-11,14-17H,2-4,12-13,18H2,1H3,(H,30,33)/b29-17-. The van der Waals surface area contributed by atoms with Crippen LogP contribution in [-0.2, 0) is 6.61 Å². The number of anilines is 1. The Labute approximate surface area is 223 Å². The zero-order valence-corrected chi connectivity index (χ0v) is 21.9. The summed E-state index contributed by atoms with van der Waals surface area (Å²) in [6.07, 6.45) is 3.92. The highest BCUT2D eigenvalue weighted by Crippen LogP contribution is 2.34. The van der Waals surface area contributed by atoms with Crippen molar-refractivity contribution in [3.05, 3.63) is 91.9 Å². The highest BCUT2D eigenvalue weighted by Gasteiger charge is 2.14. The minimum absolute atomic E-state index is 0.00320. The molecule has 1 aliphatic rings. The molecule has 0 aliphatic carbocycles. The molecule has 192 valence electrons. The largest absolute Gasteiger partial charge is 0.490 e. The van der Waals surface area contributed by atoms with Crippen LogP contribution in [0.25, 0.3) is 0 Å². The average Bonchev–Trinajstić information content (AvgIpc) is 3.45. The van der Waals surface area contributed by atoms with E-state index in [1.807, 2.05) is 19.1 Å². The van der Waals surface area contributed by atoms with Gasteiger partial charge in [-0.3, -0.25) is 14.9 Å². The molecule has 0 radical (unpaired) electrons. The molecule has 0 atom stereocenters. The van der Waals surface area contributed by atoms with E-state index in [9.17, 15) is 14.9 Å². The Morgan fingerprint density at radius 3 is 2.54 bits per heavy atom. The Hall–Kier alpha value is -3.92. The van der Waals surface area contributed by atoms with Crippen LogP contribution < -0.4 is 19.8 Å². The minimum Gasteiger partial charge on any atom is -0.490 e. The van der Waals surface area contributed by atoms with Crippen LogP contribution in [0, 0.1) is 10.1 Å². The topological polar surface area (TPSA) is 106 Å². The highest BCUT2D eigenvalue weighted by atomic mass is 79.9. The monoisotopic (exact) mass is 566 g/mol. The average molecular weight is 567 g/mol. The molecule has 0 spiro atoms. The number of amides is 1. The Morgan fingerprint density at radius 1 is 1.11 bits per heavy atom. The van der Waals surface area contributed by atoms with Gasteiger partial charge in [-0.15, -0.1) is 0 Å². The van der Waals surface area contributed by atoms with E-state index in [0.29, 0.717) is 39.3 Å². The SMILES string of the molecule is CCOc1cc(/C=N\NC(=O)c2ccc(N3CCCC3)cc2)c(Br)cc1OCc1cccc([N+](=O)[O-])c1. The third-order valence-corrected chi connectivity index (χ3v) is 6.54. The van der Waals surface area contributed by atoms with E-state index < -0.39 is 4.92 Å². The van der Waals surface area contributed by atoms with E-state index in [2.05, 4.69) is 31.4 Å². The van der Waals surface area contributed by atoms with Crippen LogP contribution in [0.15, 0.2) is 70.2 Å². The van der Waals surface area contributed by atoms with Crippen molar-refractivity contribution in [2.75, 3.05) is 24.6 Å². The summed E-state index contributed by atoms with van der Waals surface area (Å²) in [7, 11) is 0. The number of carbonyl (C=O) groups is 1. The first kappa shape index (κ1) is 26.2. The predicted octanol–water partition coefficient (Wildman–Crippen LogP) is 5.70. The third-order valence-electron chi connectivity index (χ3n) is 5.85. The number of rotatable bonds is 10. The van der Waals surface area contributed by atoms with Gasteiger partial charge in [-0.25, -0.2) is 5.43 Å². The van der Waals surface area contributed by atoms with Crippen LogP contribution in [-0.4, -0.2) is 36.7 Å². The van der Waals surface area contributed by atoms with Crippen molar-refractivity contribution in [2.45, 2.75) is 26.4 Å². The molecule has 10 heteroatoms. The molecule has 1 N–H and O–H groups in total. The van der Waals surface area contributed by atoms with E-state index in [1.165, 1.54) is 31.2 Å². The van der Waals surface area contributed by atoms with Crippen molar-refractivity contribution < 1.29 is 19.2 Å². The van der Waals surface area contributed by atoms with Crippen LogP contribution in [0.5, 0.6) is 11.5 Å². The maximum Gasteiger partial charge on any atom is 0.271 e. The van der Waals surface area contributed by atoms with E-state index in [-0.39, 0.29) is 18.2 Å². The number of halogens is 1. The lowest BCUT2D eigenvalue weighted by Gasteiger charge is -2.17. The fraction of sp³-hybridized carbons (Fsp3) is 0.259. The van der Waals surface area contributed by atoms with Gasteiger partial charge >= 0.3 is 0 Å². The molecule has 3 aromatic carbocycles. The van der Waals surface area contributed by atoms with Crippen molar-refractivity contribution in [3.8, 4) is 11.5 Å². The summed E-state index contributed by atoms with van der Waals surface area (Å²) in [5.41, 5.74) is 5.55. The van der Waals surface area contributed by atoms with E-state index in [4.69, 9.17) is 9.47 Å². The lowest BCUT2D eigenvalue weighted by molar-refractivity contribution is -0.384. The van der Waals surface area contributed by atoms with Crippen molar-refractivity contribution in [1.29, 1.82) is 0 Å². The molecule has 9 nitrogen and oxygen atoms in total. The van der Waals surface area contributed by atoms with E-state index in [0.717, 1.165) is 18.8 Å². The van der Waals surface area contributed by atoms with Crippen molar-refractivity contribution in [2.24, 2.45) is 5.10 Å². The zero-order valence-electron chi connectivity index (χ0n) is 20.4. The van der Waals surface area contributed by atoms with Gasteiger partial charge in [-0.05, 0) is 77.7 Å². The summed E-state index contributed by atoms with van der Waals surface area (Å²) < 4.78 is 12.3. The molecule has 1 fully saturated rings. The van der Waals surface area contributed by atoms with Gasteiger partial charge in [0.2, 0.25) is 0 Å². The van der Waals surface area contributed by atoms with Gasteiger partial charge in [0.05, 0.1) is 17.7 Å². The van der Waals surface area contributed by atoms with Gasteiger partial charge in [0, 0.05) is 46.5 Å². The van der Waals surface area contributed by atoms with E-state index >= 15 is 0 Å². The van der Waals surface area contributed by atoms with Gasteiger partial charge in [-0.1, -0.05) is 12.1 Å². The van der Waals surface area contributed by atoms with Crippen LogP contribution in [0.2, 0.25) is 0 Å². The first-order valence-electron chi connectivity index (χ1n) is 12.0. The number of nitrogens with one attached hydrogen (secondary N) is 1. The Bertz CT molecular complexity index is 1290. The number of benzene rings is 3. The summed E-state index contributed by atoms with van der Waals surface area (Å²) in [6.45, 7) is 4.50. The maximum atomic E-state index is 12.5. The van der Waals surface area contributed by atoms with Gasteiger partial charge in [0.15, 0.2) is 11.5 Å². The number of hydrogen-bond donors (Lipinski definition) is 1. The number of nitrogens with zero attached hydrogens (tertiary/aromatic N) is 3. The Morgan fingerprint density at radius 2 is 1.84 bits per heavy atom. The normalized spacial score (nSPS) is 13.1. The molecule has 4 rings (SSSR count). The van der Waals surface area contributed by atoms with Crippen LogP contribution >= 0.6 is 15.9 Å². The molecule has 0 aromatic heterocycles. The second kappa shape index (κ2) is 12.4. The summed E-state index contributed by atoms with van der Waals surface area (Å²) in [5, 5.41) is 15.1. The fourth-order valence-electron chi connectivity index (χ4n) is 3.98. The highest BCUT2D eigenvalue weighted by molar-refractivity contribution is 9.10. The van der Waals surface area contributed by atoms with Gasteiger partial charge in [0.25, 0.3) is 11.6 Å². The van der Waals surface area contributed by atoms with Crippen molar-refractivity contribution in [3.63, 3.8) is 0 Å². The molecular formula is C27H27BrN4O5. The Balaban J connectivity index is 1.41. The number of nitro benzene ring substituents is 1. The zero-order chi connectivity index (χ0) is 26.2. The van der Waals surface area contributed by atoms with Crippen LogP contribution in [0.3, 0.4) is 0 Å². The minimum atomic E-state index is -0.442. The number of hydrazone groups is 1. The van der Waals surface area contributed by atoms with Crippen LogP contribution in [0.1, 0.15) is 41.3 Å². The molecule has 1 amide bonds. The van der Waals surface area contributed by atoms with E-state index in [1.54, 1.807) is 36.4 Å². The number of hydrogen-bond acceptors (Lipinski definition) is 7. The third kappa shape index (κ3) is 6.85.